The van der Waals surface area contributed by atoms with E-state index in [2.05, 4.69) is 26.2 Å². The Morgan fingerprint density at radius 2 is 2.30 bits per heavy atom. The molecule has 1 saturated carbocycles. The van der Waals surface area contributed by atoms with Gasteiger partial charge in [0.05, 0.1) is 12.2 Å². The fourth-order valence-electron chi connectivity index (χ4n) is 1.98. The van der Waals surface area contributed by atoms with Crippen molar-refractivity contribution in [1.29, 1.82) is 0 Å². The van der Waals surface area contributed by atoms with Crippen molar-refractivity contribution in [1.82, 2.24) is 25.5 Å². The Labute approximate surface area is 116 Å². The maximum atomic E-state index is 11.6. The Kier molecular flexibility index (Phi) is 3.32. The summed E-state index contributed by atoms with van der Waals surface area (Å²) in [5, 5.41) is 17.2. The Morgan fingerprint density at radius 1 is 1.45 bits per heavy atom. The number of hydrogen-bond donors (Lipinski definition) is 2. The highest BCUT2D eigenvalue weighted by atomic mass is 16.2. The van der Waals surface area contributed by atoms with Gasteiger partial charge in [-0.05, 0) is 54.0 Å². The van der Waals surface area contributed by atoms with Crippen molar-refractivity contribution in [3.05, 3.63) is 30.1 Å². The number of amides is 1. The minimum Gasteiger partial charge on any atom is -0.376 e. The lowest BCUT2D eigenvalue weighted by Crippen LogP contribution is -2.31. The Morgan fingerprint density at radius 3 is 2.95 bits per heavy atom. The molecule has 7 heteroatoms. The first-order valence-electron chi connectivity index (χ1n) is 6.59. The number of carbonyl (C=O) groups is 1. The van der Waals surface area contributed by atoms with Crippen LogP contribution in [0.3, 0.4) is 0 Å². The summed E-state index contributed by atoms with van der Waals surface area (Å²) in [7, 11) is 0. The average Bonchev–Trinajstić information content (AvgIpc) is 3.07. The Bertz CT molecular complexity index is 605. The van der Waals surface area contributed by atoms with Gasteiger partial charge in [-0.25, -0.2) is 4.68 Å². The molecular formula is C13H16N6O. The molecule has 0 atom stereocenters. The number of tetrazole rings is 1. The fourth-order valence-corrected chi connectivity index (χ4v) is 1.98. The van der Waals surface area contributed by atoms with E-state index in [4.69, 9.17) is 0 Å². The number of aromatic nitrogens is 4. The molecule has 1 aliphatic rings. The topological polar surface area (TPSA) is 84.7 Å². The van der Waals surface area contributed by atoms with Gasteiger partial charge in [0.15, 0.2) is 0 Å². The normalized spacial score (nSPS) is 14.1. The van der Waals surface area contributed by atoms with Crippen molar-refractivity contribution in [3.8, 4) is 5.69 Å². The minimum atomic E-state index is 0.0368. The van der Waals surface area contributed by atoms with E-state index in [0.29, 0.717) is 12.6 Å². The summed E-state index contributed by atoms with van der Waals surface area (Å²) in [6, 6.07) is 6.20. The van der Waals surface area contributed by atoms with E-state index in [1.165, 1.54) is 0 Å². The number of rotatable bonds is 5. The van der Waals surface area contributed by atoms with Gasteiger partial charge < -0.3 is 10.6 Å². The van der Waals surface area contributed by atoms with E-state index >= 15 is 0 Å². The molecule has 1 amide bonds. The van der Waals surface area contributed by atoms with Gasteiger partial charge in [-0.2, -0.15) is 0 Å². The highest BCUT2D eigenvalue weighted by Crippen LogP contribution is 2.19. The van der Waals surface area contributed by atoms with Crippen LogP contribution in [-0.2, 0) is 4.79 Å². The second-order valence-electron chi connectivity index (χ2n) is 4.95. The third-order valence-corrected chi connectivity index (χ3v) is 3.19. The van der Waals surface area contributed by atoms with Crippen LogP contribution >= 0.6 is 0 Å². The van der Waals surface area contributed by atoms with Gasteiger partial charge in [0.25, 0.3) is 0 Å². The van der Waals surface area contributed by atoms with Crippen molar-refractivity contribution >= 4 is 11.6 Å². The van der Waals surface area contributed by atoms with E-state index in [0.717, 1.165) is 29.8 Å². The molecule has 0 bridgehead atoms. The summed E-state index contributed by atoms with van der Waals surface area (Å²) in [4.78, 5) is 11.6. The van der Waals surface area contributed by atoms with Crippen LogP contribution in [0, 0.1) is 6.92 Å². The molecule has 2 N–H and O–H groups in total. The van der Waals surface area contributed by atoms with E-state index in [9.17, 15) is 4.79 Å². The largest absolute Gasteiger partial charge is 0.376 e. The van der Waals surface area contributed by atoms with Gasteiger partial charge in [0, 0.05) is 11.7 Å². The summed E-state index contributed by atoms with van der Waals surface area (Å²) in [6.07, 6.45) is 3.76. The number of carbonyl (C=O) groups excluding carboxylic acids is 1. The molecule has 3 rings (SSSR count). The molecule has 2 aromatic rings. The van der Waals surface area contributed by atoms with Crippen LogP contribution in [0.5, 0.6) is 0 Å². The maximum absolute atomic E-state index is 11.6. The third-order valence-electron chi connectivity index (χ3n) is 3.19. The molecular weight excluding hydrogens is 256 g/mol. The number of aryl methyl sites for hydroxylation is 1. The summed E-state index contributed by atoms with van der Waals surface area (Å²) < 4.78 is 1.61. The van der Waals surface area contributed by atoms with Crippen LogP contribution in [0.4, 0.5) is 5.69 Å². The second kappa shape index (κ2) is 5.28. The maximum Gasteiger partial charge on any atom is 0.239 e. The lowest BCUT2D eigenvalue weighted by atomic mass is 10.2. The monoisotopic (exact) mass is 272 g/mol. The zero-order chi connectivity index (χ0) is 13.9. The molecule has 0 saturated heterocycles. The zero-order valence-corrected chi connectivity index (χ0v) is 11.2. The molecule has 0 spiro atoms. The average molecular weight is 272 g/mol. The number of nitrogens with zero attached hydrogens (tertiary/aromatic N) is 4. The van der Waals surface area contributed by atoms with Crippen LogP contribution in [0.1, 0.15) is 18.4 Å². The first-order chi connectivity index (χ1) is 9.72. The van der Waals surface area contributed by atoms with E-state index in [1.54, 1.807) is 11.0 Å². The van der Waals surface area contributed by atoms with Crippen LogP contribution in [0.25, 0.3) is 5.69 Å². The fraction of sp³-hybridized carbons (Fsp3) is 0.385. The predicted octanol–water partition coefficient (Wildman–Crippen LogP) is 0.661. The highest BCUT2D eigenvalue weighted by Gasteiger charge is 2.22. The van der Waals surface area contributed by atoms with Crippen molar-refractivity contribution in [3.63, 3.8) is 0 Å². The first-order valence-corrected chi connectivity index (χ1v) is 6.59. The first kappa shape index (κ1) is 12.6. The van der Waals surface area contributed by atoms with Crippen molar-refractivity contribution < 1.29 is 4.79 Å². The molecule has 1 aromatic heterocycles. The number of hydrogen-bond acceptors (Lipinski definition) is 5. The van der Waals surface area contributed by atoms with E-state index in [1.807, 2.05) is 25.1 Å². The number of nitrogens with one attached hydrogen (secondary N) is 2. The van der Waals surface area contributed by atoms with Gasteiger partial charge in [-0.3, -0.25) is 4.79 Å². The van der Waals surface area contributed by atoms with Crippen molar-refractivity contribution in [2.24, 2.45) is 0 Å². The quantitative estimate of drug-likeness (QED) is 0.835. The SMILES string of the molecule is Cc1cc(NCC(=O)NC2CC2)ccc1-n1cnnn1. The van der Waals surface area contributed by atoms with Crippen molar-refractivity contribution in [2.45, 2.75) is 25.8 Å². The van der Waals surface area contributed by atoms with Crippen LogP contribution < -0.4 is 10.6 Å². The van der Waals surface area contributed by atoms with Gasteiger partial charge in [-0.15, -0.1) is 5.10 Å². The number of benzene rings is 1. The second-order valence-corrected chi connectivity index (χ2v) is 4.95. The summed E-state index contributed by atoms with van der Waals surface area (Å²) >= 11 is 0. The third kappa shape index (κ3) is 2.93. The van der Waals surface area contributed by atoms with Crippen LogP contribution in [0.2, 0.25) is 0 Å². The minimum absolute atomic E-state index is 0.0368. The summed E-state index contributed by atoms with van der Waals surface area (Å²) in [5.74, 6) is 0.0368. The standard InChI is InChI=1S/C13H16N6O/c1-9-6-11(14-7-13(20)16-10-2-3-10)4-5-12(9)19-8-15-17-18-19/h4-6,8,10,14H,2-3,7H2,1H3,(H,16,20). The lowest BCUT2D eigenvalue weighted by Gasteiger charge is -2.10. The molecule has 1 aliphatic carbocycles. The van der Waals surface area contributed by atoms with E-state index in [-0.39, 0.29) is 5.91 Å². The molecule has 0 aliphatic heterocycles. The lowest BCUT2D eigenvalue weighted by molar-refractivity contribution is -0.119. The molecule has 0 unspecified atom stereocenters. The van der Waals surface area contributed by atoms with Gasteiger partial charge >= 0.3 is 0 Å². The molecule has 1 aromatic carbocycles. The molecule has 1 heterocycles. The van der Waals surface area contributed by atoms with Crippen LogP contribution in [-0.4, -0.2) is 38.7 Å². The summed E-state index contributed by atoms with van der Waals surface area (Å²) in [6.45, 7) is 2.27. The summed E-state index contributed by atoms with van der Waals surface area (Å²) in [5.41, 5.74) is 2.86. The number of anilines is 1. The molecule has 104 valence electrons. The van der Waals surface area contributed by atoms with Gasteiger partial charge in [0.2, 0.25) is 5.91 Å². The van der Waals surface area contributed by atoms with E-state index < -0.39 is 0 Å². The molecule has 7 nitrogen and oxygen atoms in total. The van der Waals surface area contributed by atoms with Crippen molar-refractivity contribution in [2.75, 3.05) is 11.9 Å². The highest BCUT2D eigenvalue weighted by molar-refractivity contribution is 5.81. The molecule has 1 fully saturated rings. The Hall–Kier alpha value is -2.44. The van der Waals surface area contributed by atoms with Gasteiger partial charge in [-0.1, -0.05) is 0 Å². The smallest absolute Gasteiger partial charge is 0.239 e. The Balaban J connectivity index is 1.63. The molecule has 0 radical (unpaired) electrons. The predicted molar refractivity (Wildman–Crippen MR) is 73.5 cm³/mol. The van der Waals surface area contributed by atoms with Gasteiger partial charge in [0.1, 0.15) is 6.33 Å². The van der Waals surface area contributed by atoms with Crippen LogP contribution in [0.15, 0.2) is 24.5 Å². The zero-order valence-electron chi connectivity index (χ0n) is 11.2. The molecule has 20 heavy (non-hydrogen) atoms.